The van der Waals surface area contributed by atoms with Crippen molar-refractivity contribution < 1.29 is 9.47 Å². The van der Waals surface area contributed by atoms with Crippen molar-refractivity contribution in [3.05, 3.63) is 42.1 Å². The molecule has 0 bridgehead atoms. The second-order valence-corrected chi connectivity index (χ2v) is 3.90. The van der Waals surface area contributed by atoms with Gasteiger partial charge in [0, 0.05) is 17.5 Å². The number of benzene rings is 1. The van der Waals surface area contributed by atoms with Gasteiger partial charge < -0.3 is 20.9 Å². The number of allylic oxidation sites excluding steroid dienone is 1. The number of ether oxygens (including phenoxy) is 2. The number of nitrogens with two attached hydrogens (primary N) is 2. The summed E-state index contributed by atoms with van der Waals surface area (Å²) in [7, 11) is 0. The largest absolute Gasteiger partial charge is 0.478 e. The Bertz CT molecular complexity index is 494. The van der Waals surface area contributed by atoms with Gasteiger partial charge in [-0.3, -0.25) is 0 Å². The summed E-state index contributed by atoms with van der Waals surface area (Å²) in [5, 5.41) is 0. The van der Waals surface area contributed by atoms with Crippen molar-refractivity contribution in [2.24, 2.45) is 5.73 Å². The van der Waals surface area contributed by atoms with E-state index in [1.807, 2.05) is 24.3 Å². The van der Waals surface area contributed by atoms with Gasteiger partial charge in [-0.05, 0) is 30.4 Å². The van der Waals surface area contributed by atoms with Crippen LogP contribution in [0.1, 0.15) is 0 Å². The quantitative estimate of drug-likeness (QED) is 0.639. The van der Waals surface area contributed by atoms with Gasteiger partial charge in [-0.2, -0.15) is 0 Å². The Morgan fingerprint density at radius 3 is 2.69 bits per heavy atom. The van der Waals surface area contributed by atoms with Gasteiger partial charge in [0.15, 0.2) is 23.7 Å². The monoisotopic (exact) mass is 216 g/mol. The highest BCUT2D eigenvalue weighted by Gasteiger charge is 2.30. The maximum absolute atomic E-state index is 5.77. The molecule has 0 saturated heterocycles. The Kier molecular flexibility index (Phi) is 1.83. The molecule has 2 aliphatic rings. The first-order valence-corrected chi connectivity index (χ1v) is 5.11. The number of hydrogen-bond acceptors (Lipinski definition) is 4. The fourth-order valence-corrected chi connectivity index (χ4v) is 1.87. The van der Waals surface area contributed by atoms with Gasteiger partial charge in [-0.15, -0.1) is 0 Å². The molecule has 2 unspecified atom stereocenters. The van der Waals surface area contributed by atoms with Crippen molar-refractivity contribution in [2.75, 3.05) is 5.73 Å². The number of nitrogen functional groups attached to an aromatic ring is 1. The summed E-state index contributed by atoms with van der Waals surface area (Å²) in [6.45, 7) is 0. The van der Waals surface area contributed by atoms with Crippen molar-refractivity contribution >= 4 is 5.69 Å². The van der Waals surface area contributed by atoms with Gasteiger partial charge in [0.25, 0.3) is 0 Å². The zero-order valence-electron chi connectivity index (χ0n) is 8.59. The summed E-state index contributed by atoms with van der Waals surface area (Å²) in [5.74, 6) is 1.38. The first kappa shape index (κ1) is 9.15. The summed E-state index contributed by atoms with van der Waals surface area (Å²) in [5.41, 5.74) is 12.7. The minimum Gasteiger partial charge on any atom is -0.478 e. The smallest absolute Gasteiger partial charge is 0.164 e. The highest BCUT2D eigenvalue weighted by molar-refractivity contribution is 5.53. The van der Waals surface area contributed by atoms with Crippen LogP contribution in [0.4, 0.5) is 5.69 Å². The van der Waals surface area contributed by atoms with Gasteiger partial charge in [0.1, 0.15) is 0 Å². The Morgan fingerprint density at radius 2 is 1.81 bits per heavy atom. The molecule has 0 saturated carbocycles. The van der Waals surface area contributed by atoms with Crippen LogP contribution in [0.15, 0.2) is 42.1 Å². The lowest BCUT2D eigenvalue weighted by atomic mass is 10.0. The predicted molar refractivity (Wildman–Crippen MR) is 61.1 cm³/mol. The van der Waals surface area contributed by atoms with E-state index < -0.39 is 0 Å². The molecule has 2 atom stereocenters. The molecule has 0 amide bonds. The summed E-state index contributed by atoms with van der Waals surface area (Å²) in [6, 6.07) is 5.36. The van der Waals surface area contributed by atoms with E-state index in [0.29, 0.717) is 22.9 Å². The van der Waals surface area contributed by atoms with E-state index in [4.69, 9.17) is 20.9 Å². The lowest BCUT2D eigenvalue weighted by Gasteiger charge is -2.32. The van der Waals surface area contributed by atoms with Crippen molar-refractivity contribution in [1.29, 1.82) is 0 Å². The van der Waals surface area contributed by atoms with E-state index in [9.17, 15) is 0 Å². The Balaban J connectivity index is 1.98. The average molecular weight is 216 g/mol. The molecular formula is C12H12N2O2. The Morgan fingerprint density at radius 1 is 1.00 bits per heavy atom. The molecule has 4 nitrogen and oxygen atoms in total. The molecule has 0 aromatic heterocycles. The average Bonchev–Trinajstić information content (AvgIpc) is 2.26. The lowest BCUT2D eigenvalue weighted by Crippen LogP contribution is -2.39. The zero-order valence-corrected chi connectivity index (χ0v) is 8.59. The molecule has 1 aromatic rings. The molecule has 0 radical (unpaired) electrons. The van der Waals surface area contributed by atoms with Gasteiger partial charge in [0.2, 0.25) is 0 Å². The molecule has 4 N–H and O–H groups in total. The Labute approximate surface area is 93.1 Å². The minimum absolute atomic E-state index is 0.108. The molecule has 16 heavy (non-hydrogen) atoms. The maximum Gasteiger partial charge on any atom is 0.164 e. The van der Waals surface area contributed by atoms with E-state index >= 15 is 0 Å². The van der Waals surface area contributed by atoms with Crippen LogP contribution >= 0.6 is 0 Å². The second kappa shape index (κ2) is 3.20. The number of rotatable bonds is 0. The fraction of sp³-hybridized carbons (Fsp3) is 0.167. The van der Waals surface area contributed by atoms with E-state index in [1.54, 1.807) is 12.1 Å². The summed E-state index contributed by atoms with van der Waals surface area (Å²) >= 11 is 0. The molecule has 3 rings (SSSR count). The standard InChI is InChI=1S/C12H12N2O2/c13-7-1-3-9-11(5-7)16-12-6-8(14)2-4-10(12)15-9/h1-6,9,11H,13-14H2. The van der Waals surface area contributed by atoms with E-state index in [2.05, 4.69) is 0 Å². The third-order valence-electron chi connectivity index (χ3n) is 2.65. The summed E-state index contributed by atoms with van der Waals surface area (Å²) < 4.78 is 11.5. The third-order valence-corrected chi connectivity index (χ3v) is 2.65. The van der Waals surface area contributed by atoms with E-state index in [1.165, 1.54) is 0 Å². The van der Waals surface area contributed by atoms with E-state index in [-0.39, 0.29) is 12.2 Å². The van der Waals surface area contributed by atoms with Crippen molar-refractivity contribution in [3.63, 3.8) is 0 Å². The number of anilines is 1. The topological polar surface area (TPSA) is 70.5 Å². The minimum atomic E-state index is -0.167. The highest BCUT2D eigenvalue weighted by Crippen LogP contribution is 2.37. The zero-order chi connectivity index (χ0) is 11.1. The first-order chi connectivity index (χ1) is 7.72. The van der Waals surface area contributed by atoms with Crippen LogP contribution in [0.5, 0.6) is 11.5 Å². The second-order valence-electron chi connectivity index (χ2n) is 3.90. The van der Waals surface area contributed by atoms with Crippen LogP contribution in [0.2, 0.25) is 0 Å². The SMILES string of the molecule is NC1=CC2Oc3cc(N)ccc3OC2C=C1. The van der Waals surface area contributed by atoms with Crippen LogP contribution < -0.4 is 20.9 Å². The van der Waals surface area contributed by atoms with Crippen LogP contribution in [-0.2, 0) is 0 Å². The molecule has 1 aliphatic carbocycles. The third kappa shape index (κ3) is 1.39. The fourth-order valence-electron chi connectivity index (χ4n) is 1.87. The first-order valence-electron chi connectivity index (χ1n) is 5.11. The number of hydrogen-bond donors (Lipinski definition) is 2. The summed E-state index contributed by atoms with van der Waals surface area (Å²) in [4.78, 5) is 0. The van der Waals surface area contributed by atoms with Crippen molar-refractivity contribution in [2.45, 2.75) is 12.2 Å². The predicted octanol–water partition coefficient (Wildman–Crippen LogP) is 1.19. The summed E-state index contributed by atoms with van der Waals surface area (Å²) in [6.07, 6.45) is 5.30. The maximum atomic E-state index is 5.77. The van der Waals surface area contributed by atoms with Crippen LogP contribution in [0.25, 0.3) is 0 Å². The van der Waals surface area contributed by atoms with Gasteiger partial charge in [-0.1, -0.05) is 0 Å². The molecule has 0 fully saturated rings. The lowest BCUT2D eigenvalue weighted by molar-refractivity contribution is 0.0750. The molecular weight excluding hydrogens is 204 g/mol. The molecule has 1 aromatic carbocycles. The van der Waals surface area contributed by atoms with Crippen molar-refractivity contribution in [1.82, 2.24) is 0 Å². The molecule has 1 aliphatic heterocycles. The normalized spacial score (nSPS) is 25.9. The van der Waals surface area contributed by atoms with Gasteiger partial charge in [-0.25, -0.2) is 0 Å². The molecule has 4 heteroatoms. The molecule has 1 heterocycles. The highest BCUT2D eigenvalue weighted by atomic mass is 16.6. The van der Waals surface area contributed by atoms with Crippen LogP contribution in [0.3, 0.4) is 0 Å². The number of fused-ring (bicyclic) bond motifs is 2. The van der Waals surface area contributed by atoms with Gasteiger partial charge in [0.05, 0.1) is 0 Å². The van der Waals surface area contributed by atoms with Crippen molar-refractivity contribution in [3.8, 4) is 11.5 Å². The Hall–Kier alpha value is -2.10. The van der Waals surface area contributed by atoms with Crippen LogP contribution in [0, 0.1) is 0 Å². The molecule has 0 spiro atoms. The van der Waals surface area contributed by atoms with Gasteiger partial charge >= 0.3 is 0 Å². The van der Waals surface area contributed by atoms with E-state index in [0.717, 1.165) is 0 Å². The molecule has 82 valence electrons. The van der Waals surface area contributed by atoms with Crippen LogP contribution in [-0.4, -0.2) is 12.2 Å².